The average Bonchev–Trinajstić information content (AvgIpc) is 3.25. The van der Waals surface area contributed by atoms with Gasteiger partial charge in [0.2, 0.25) is 12.1 Å². The highest BCUT2D eigenvalue weighted by Gasteiger charge is 2.27. The number of ketones is 2. The van der Waals surface area contributed by atoms with Crippen molar-refractivity contribution < 1.29 is 28.8 Å². The Morgan fingerprint density at radius 3 is 1.35 bits per heavy atom. The third-order valence-electron chi connectivity index (χ3n) is 8.87. The molecule has 0 heterocycles. The van der Waals surface area contributed by atoms with Crippen LogP contribution in [-0.2, 0) is 36.8 Å². The number of nitrogens with zero attached hydrogens (tertiary/aromatic N) is 4. The van der Waals surface area contributed by atoms with Gasteiger partial charge in [0.1, 0.15) is 11.4 Å². The molecule has 4 amide bonds. The van der Waals surface area contributed by atoms with Gasteiger partial charge in [0.15, 0.2) is 11.6 Å². The summed E-state index contributed by atoms with van der Waals surface area (Å²) in [5, 5.41) is 26.5. The molecule has 19 heteroatoms. The molecule has 0 radical (unpaired) electrons. The fourth-order valence-electron chi connectivity index (χ4n) is 5.63. The van der Waals surface area contributed by atoms with E-state index in [4.69, 9.17) is 58.0 Å². The monoisotopic (exact) mass is 934 g/mol. The van der Waals surface area contributed by atoms with E-state index in [0.717, 1.165) is 13.8 Å². The van der Waals surface area contributed by atoms with Crippen molar-refractivity contribution in [3.63, 3.8) is 0 Å². The quantitative estimate of drug-likeness (QED) is 0.0406. The molecule has 318 valence electrons. The van der Waals surface area contributed by atoms with Crippen LogP contribution in [0.4, 0.5) is 34.1 Å². The number of nitrogens with one attached hydrogen (secondary N) is 4. The van der Waals surface area contributed by atoms with Crippen LogP contribution < -0.4 is 21.3 Å². The molecule has 0 saturated heterocycles. The van der Waals surface area contributed by atoms with Gasteiger partial charge in [-0.05, 0) is 85.1 Å². The lowest BCUT2D eigenvalue weighted by molar-refractivity contribution is -0.127. The Labute approximate surface area is 380 Å². The van der Waals surface area contributed by atoms with E-state index in [0.29, 0.717) is 28.1 Å². The van der Waals surface area contributed by atoms with Crippen LogP contribution in [0.5, 0.6) is 0 Å². The molecule has 0 aliphatic heterocycles. The summed E-state index contributed by atoms with van der Waals surface area (Å²) < 4.78 is 0. The molecule has 5 aromatic rings. The van der Waals surface area contributed by atoms with Gasteiger partial charge in [-0.3, -0.25) is 28.8 Å². The summed E-state index contributed by atoms with van der Waals surface area (Å²) in [6.07, 6.45) is 0. The standard InChI is InChI=1S/C43H35Cl5N8O6/c1-23(57)38(55-53-34-15-7-11-29(36(34)47)40(59)50-31-13-5-3-9-25(31)20-44)42(61)49-28-17-18-33(27(19-28)22-46)52-43(62)39(24(2)58)56-54-35-16-8-12-30(37(35)48)41(60)51-32-14-6-4-10-26(32)21-45/h3-19,38-39H,20-22H2,1-2H3,(H,49,61)(H,50,59)(H,51,60)(H,52,62). The number of halogens is 5. The minimum absolute atomic E-state index is 0.0262. The smallest absolute Gasteiger partial charge is 0.258 e. The Balaban J connectivity index is 1.26. The van der Waals surface area contributed by atoms with Crippen molar-refractivity contribution in [2.75, 3.05) is 21.3 Å². The van der Waals surface area contributed by atoms with E-state index in [1.807, 2.05) is 0 Å². The number of azo groups is 2. The molecule has 4 N–H and O–H groups in total. The maximum absolute atomic E-state index is 13.4. The Morgan fingerprint density at radius 2 is 0.919 bits per heavy atom. The van der Waals surface area contributed by atoms with Crippen LogP contribution in [0.25, 0.3) is 0 Å². The lowest BCUT2D eigenvalue weighted by Gasteiger charge is -2.15. The van der Waals surface area contributed by atoms with Gasteiger partial charge in [-0.1, -0.05) is 71.7 Å². The zero-order chi connectivity index (χ0) is 44.9. The van der Waals surface area contributed by atoms with Crippen molar-refractivity contribution in [2.24, 2.45) is 20.5 Å². The molecule has 0 saturated carbocycles. The maximum Gasteiger partial charge on any atom is 0.258 e. The van der Waals surface area contributed by atoms with Crippen LogP contribution in [0.3, 0.4) is 0 Å². The topological polar surface area (TPSA) is 200 Å². The first kappa shape index (κ1) is 47.0. The molecule has 0 aliphatic rings. The fourth-order valence-corrected chi connectivity index (χ4v) is 6.82. The summed E-state index contributed by atoms with van der Waals surface area (Å²) in [7, 11) is 0. The van der Waals surface area contributed by atoms with Crippen LogP contribution in [0.1, 0.15) is 51.3 Å². The zero-order valence-electron chi connectivity index (χ0n) is 32.7. The Kier molecular flexibility index (Phi) is 16.8. The molecular weight excluding hydrogens is 902 g/mol. The summed E-state index contributed by atoms with van der Waals surface area (Å²) in [6.45, 7) is 2.30. The molecule has 14 nitrogen and oxygen atoms in total. The highest BCUT2D eigenvalue weighted by Crippen LogP contribution is 2.32. The normalized spacial score (nSPS) is 12.1. The van der Waals surface area contributed by atoms with Crippen molar-refractivity contribution in [2.45, 2.75) is 43.6 Å². The van der Waals surface area contributed by atoms with Gasteiger partial charge in [-0.2, -0.15) is 20.5 Å². The van der Waals surface area contributed by atoms with Gasteiger partial charge >= 0.3 is 0 Å². The van der Waals surface area contributed by atoms with Gasteiger partial charge in [-0.25, -0.2) is 0 Å². The predicted octanol–water partition coefficient (Wildman–Crippen LogP) is 11.1. The lowest BCUT2D eigenvalue weighted by Crippen LogP contribution is -2.32. The highest BCUT2D eigenvalue weighted by molar-refractivity contribution is 6.37. The minimum atomic E-state index is -1.63. The number of hydrogen-bond acceptors (Lipinski definition) is 10. The van der Waals surface area contributed by atoms with Crippen LogP contribution in [-0.4, -0.2) is 47.3 Å². The molecule has 0 bridgehead atoms. The Bertz CT molecular complexity index is 2610. The zero-order valence-corrected chi connectivity index (χ0v) is 36.5. The summed E-state index contributed by atoms with van der Waals surface area (Å²) in [5.74, 6) is -3.91. The number of amides is 4. The molecule has 5 aromatic carbocycles. The van der Waals surface area contributed by atoms with Gasteiger partial charge in [0.05, 0.1) is 21.2 Å². The van der Waals surface area contributed by atoms with Crippen molar-refractivity contribution >= 4 is 127 Å². The number of rotatable bonds is 17. The number of para-hydroxylation sites is 2. The molecule has 0 fully saturated rings. The molecule has 2 unspecified atom stereocenters. The Morgan fingerprint density at radius 1 is 0.500 bits per heavy atom. The lowest BCUT2D eigenvalue weighted by atomic mass is 10.1. The third-order valence-corrected chi connectivity index (χ3v) is 10.5. The van der Waals surface area contributed by atoms with E-state index in [9.17, 15) is 28.8 Å². The molecule has 0 spiro atoms. The molecule has 62 heavy (non-hydrogen) atoms. The third kappa shape index (κ3) is 11.9. The molecule has 5 rings (SSSR count). The highest BCUT2D eigenvalue weighted by atomic mass is 35.5. The largest absolute Gasteiger partial charge is 0.324 e. The fraction of sp³-hybridized carbons (Fsp3) is 0.163. The van der Waals surface area contributed by atoms with E-state index in [2.05, 4.69) is 41.7 Å². The summed E-state index contributed by atoms with van der Waals surface area (Å²) in [4.78, 5) is 78.0. The number of carbonyl (C=O) groups excluding carboxylic acids is 6. The number of benzene rings is 5. The van der Waals surface area contributed by atoms with Crippen molar-refractivity contribution in [3.8, 4) is 0 Å². The second-order valence-electron chi connectivity index (χ2n) is 13.2. The second-order valence-corrected chi connectivity index (χ2v) is 14.8. The average molecular weight is 937 g/mol. The minimum Gasteiger partial charge on any atom is -0.324 e. The summed E-state index contributed by atoms with van der Waals surface area (Å²) >= 11 is 31.2. The molecule has 0 aromatic heterocycles. The van der Waals surface area contributed by atoms with Gasteiger partial charge in [-0.15, -0.1) is 34.8 Å². The number of Topliss-reactive ketones (excluding diaryl/α,β-unsaturated/α-hetero) is 2. The predicted molar refractivity (Wildman–Crippen MR) is 242 cm³/mol. The SMILES string of the molecule is CC(=O)C(N=Nc1cccc(C(=O)Nc2ccccc2CCl)c1Cl)C(=O)Nc1ccc(NC(=O)C(N=Nc2cccc(C(=O)Nc3ccccc3CCl)c2Cl)C(C)=O)c(CCl)c1. The van der Waals surface area contributed by atoms with E-state index in [1.54, 1.807) is 48.5 Å². The Hall–Kier alpha value is -6.03. The first-order chi connectivity index (χ1) is 29.8. The maximum atomic E-state index is 13.4. The van der Waals surface area contributed by atoms with E-state index >= 15 is 0 Å². The van der Waals surface area contributed by atoms with Crippen LogP contribution >= 0.6 is 58.0 Å². The van der Waals surface area contributed by atoms with Gasteiger partial charge in [0.25, 0.3) is 23.6 Å². The van der Waals surface area contributed by atoms with Crippen LogP contribution in [0, 0.1) is 0 Å². The van der Waals surface area contributed by atoms with Crippen LogP contribution in [0.2, 0.25) is 10.0 Å². The van der Waals surface area contributed by atoms with Gasteiger partial charge in [0, 0.05) is 40.4 Å². The first-order valence-corrected chi connectivity index (χ1v) is 20.7. The number of anilines is 4. The van der Waals surface area contributed by atoms with E-state index < -0.39 is 47.3 Å². The molecule has 0 aliphatic carbocycles. The van der Waals surface area contributed by atoms with Crippen molar-refractivity contribution in [1.82, 2.24) is 0 Å². The van der Waals surface area contributed by atoms with Gasteiger partial charge < -0.3 is 21.3 Å². The first-order valence-electron chi connectivity index (χ1n) is 18.4. The molecule has 2 atom stereocenters. The van der Waals surface area contributed by atoms with Crippen LogP contribution in [0.15, 0.2) is 124 Å². The van der Waals surface area contributed by atoms with E-state index in [1.165, 1.54) is 54.6 Å². The number of hydrogen-bond donors (Lipinski definition) is 4. The summed E-state index contributed by atoms with van der Waals surface area (Å²) in [6, 6.07) is 23.9. The van der Waals surface area contributed by atoms with Crippen molar-refractivity contribution in [3.05, 3.63) is 141 Å². The summed E-state index contributed by atoms with van der Waals surface area (Å²) in [5.41, 5.74) is 3.27. The molecular formula is C43H35Cl5N8O6. The van der Waals surface area contributed by atoms with Crippen molar-refractivity contribution in [1.29, 1.82) is 0 Å². The van der Waals surface area contributed by atoms with E-state index in [-0.39, 0.29) is 61.6 Å². The second kappa shape index (κ2) is 22.2. The number of carbonyl (C=O) groups is 6. The number of alkyl halides is 3.